The van der Waals surface area contributed by atoms with Gasteiger partial charge in [0.2, 0.25) is 0 Å². The number of aryl methyl sites for hydroxylation is 1. The van der Waals surface area contributed by atoms with Crippen LogP contribution in [-0.2, 0) is 13.6 Å². The van der Waals surface area contributed by atoms with E-state index in [4.69, 9.17) is 5.73 Å². The summed E-state index contributed by atoms with van der Waals surface area (Å²) >= 11 is 0. The van der Waals surface area contributed by atoms with Gasteiger partial charge in [0.25, 0.3) is 5.91 Å². The number of carbonyl (C=O) groups excluding carboxylic acids is 1. The number of imidazole rings is 1. The number of amides is 1. The molecule has 2 rings (SSSR count). The van der Waals surface area contributed by atoms with Gasteiger partial charge in [-0.15, -0.1) is 0 Å². The van der Waals surface area contributed by atoms with Crippen LogP contribution in [-0.4, -0.2) is 31.3 Å². The van der Waals surface area contributed by atoms with Crippen LogP contribution in [0.4, 0.5) is 5.69 Å². The van der Waals surface area contributed by atoms with E-state index >= 15 is 0 Å². The number of nitrogen functional groups attached to an aromatic ring is 1. The molecule has 0 aromatic carbocycles. The van der Waals surface area contributed by atoms with Crippen molar-refractivity contribution in [3.63, 3.8) is 0 Å². The van der Waals surface area contributed by atoms with E-state index in [9.17, 15) is 4.79 Å². The van der Waals surface area contributed by atoms with Crippen LogP contribution in [0.5, 0.6) is 0 Å². The quantitative estimate of drug-likeness (QED) is 0.798. The zero-order valence-corrected chi connectivity index (χ0v) is 10.4. The Morgan fingerprint density at radius 2 is 2.39 bits per heavy atom. The molecule has 1 atom stereocenters. The standard InChI is InChI=1S/C11H16N6O/c1-8(5-17-4-3-13-7-17)14-11(18)10-9(12)6-16(2)15-10/h3-4,6-8H,5,12H2,1-2H3,(H,14,18). The summed E-state index contributed by atoms with van der Waals surface area (Å²) in [5, 5.41) is 6.87. The molecule has 0 aliphatic carbocycles. The number of nitrogens with zero attached hydrogens (tertiary/aromatic N) is 4. The second kappa shape index (κ2) is 4.91. The molecule has 2 heterocycles. The minimum absolute atomic E-state index is 0.0342. The summed E-state index contributed by atoms with van der Waals surface area (Å²) in [5.74, 6) is -0.263. The van der Waals surface area contributed by atoms with Gasteiger partial charge in [0.1, 0.15) is 0 Å². The SMILES string of the molecule is CC(Cn1ccnc1)NC(=O)c1nn(C)cc1N. The third kappa shape index (κ3) is 2.68. The average molecular weight is 248 g/mol. The van der Waals surface area contributed by atoms with Gasteiger partial charge in [0.15, 0.2) is 5.69 Å². The van der Waals surface area contributed by atoms with Crippen molar-refractivity contribution in [1.29, 1.82) is 0 Å². The maximum atomic E-state index is 11.9. The van der Waals surface area contributed by atoms with Crippen molar-refractivity contribution in [3.05, 3.63) is 30.6 Å². The van der Waals surface area contributed by atoms with Crippen molar-refractivity contribution in [3.8, 4) is 0 Å². The Labute approximate surface area is 105 Å². The molecular weight excluding hydrogens is 232 g/mol. The van der Waals surface area contributed by atoms with Crippen LogP contribution in [0.2, 0.25) is 0 Å². The molecule has 1 unspecified atom stereocenters. The van der Waals surface area contributed by atoms with Crippen molar-refractivity contribution >= 4 is 11.6 Å². The fraction of sp³-hybridized carbons (Fsp3) is 0.364. The Morgan fingerprint density at radius 3 is 2.94 bits per heavy atom. The van der Waals surface area contributed by atoms with Crippen LogP contribution in [0.1, 0.15) is 17.4 Å². The van der Waals surface area contributed by atoms with Gasteiger partial charge in [0, 0.05) is 38.2 Å². The largest absolute Gasteiger partial charge is 0.396 e. The zero-order valence-electron chi connectivity index (χ0n) is 10.4. The molecular formula is C11H16N6O. The fourth-order valence-electron chi connectivity index (χ4n) is 1.73. The average Bonchev–Trinajstić information content (AvgIpc) is 2.88. The number of hydrogen-bond acceptors (Lipinski definition) is 4. The summed E-state index contributed by atoms with van der Waals surface area (Å²) in [6.45, 7) is 2.56. The smallest absolute Gasteiger partial charge is 0.274 e. The number of nitrogens with one attached hydrogen (secondary N) is 1. The first kappa shape index (κ1) is 12.2. The van der Waals surface area contributed by atoms with E-state index in [0.717, 1.165) is 0 Å². The molecule has 0 saturated carbocycles. The molecule has 96 valence electrons. The summed E-state index contributed by atoms with van der Waals surface area (Å²) in [7, 11) is 1.72. The first-order valence-corrected chi connectivity index (χ1v) is 5.62. The number of aromatic nitrogens is 4. The summed E-state index contributed by atoms with van der Waals surface area (Å²) in [6.07, 6.45) is 6.86. The second-order valence-corrected chi connectivity index (χ2v) is 4.24. The minimum Gasteiger partial charge on any atom is -0.396 e. The molecule has 7 nitrogen and oxygen atoms in total. The summed E-state index contributed by atoms with van der Waals surface area (Å²) in [5.41, 5.74) is 6.33. The van der Waals surface area contributed by atoms with E-state index in [1.165, 1.54) is 4.68 Å². The predicted octanol–water partition coefficient (Wildman–Crippen LogP) is 0.0173. The lowest BCUT2D eigenvalue weighted by atomic mass is 10.3. The molecule has 7 heteroatoms. The van der Waals surface area contributed by atoms with E-state index in [2.05, 4.69) is 15.4 Å². The Morgan fingerprint density at radius 1 is 1.61 bits per heavy atom. The Hall–Kier alpha value is -2.31. The first-order valence-electron chi connectivity index (χ1n) is 5.62. The molecule has 0 bridgehead atoms. The van der Waals surface area contributed by atoms with Crippen LogP contribution in [0.3, 0.4) is 0 Å². The highest BCUT2D eigenvalue weighted by atomic mass is 16.2. The molecule has 0 fully saturated rings. The van der Waals surface area contributed by atoms with Crippen LogP contribution in [0.15, 0.2) is 24.9 Å². The highest BCUT2D eigenvalue weighted by molar-refractivity contribution is 5.97. The lowest BCUT2D eigenvalue weighted by Gasteiger charge is -2.13. The van der Waals surface area contributed by atoms with Crippen LogP contribution in [0, 0.1) is 0 Å². The van der Waals surface area contributed by atoms with Gasteiger partial charge in [-0.25, -0.2) is 4.98 Å². The normalized spacial score (nSPS) is 12.3. The molecule has 0 saturated heterocycles. The maximum Gasteiger partial charge on any atom is 0.274 e. The molecule has 3 N–H and O–H groups in total. The first-order chi connectivity index (χ1) is 8.56. The van der Waals surface area contributed by atoms with Gasteiger partial charge in [-0.3, -0.25) is 9.48 Å². The molecule has 0 spiro atoms. The number of rotatable bonds is 4. The van der Waals surface area contributed by atoms with Gasteiger partial charge in [-0.05, 0) is 6.92 Å². The highest BCUT2D eigenvalue weighted by Gasteiger charge is 2.16. The number of hydrogen-bond donors (Lipinski definition) is 2. The van der Waals surface area contributed by atoms with Gasteiger partial charge < -0.3 is 15.6 Å². The Bertz CT molecular complexity index is 530. The van der Waals surface area contributed by atoms with Crippen molar-refractivity contribution in [1.82, 2.24) is 24.6 Å². The number of nitrogens with two attached hydrogens (primary N) is 1. The molecule has 1 amide bonds. The van der Waals surface area contributed by atoms with Gasteiger partial charge >= 0.3 is 0 Å². The van der Waals surface area contributed by atoms with Crippen molar-refractivity contribution in [2.75, 3.05) is 5.73 Å². The highest BCUT2D eigenvalue weighted by Crippen LogP contribution is 2.08. The summed E-state index contributed by atoms with van der Waals surface area (Å²) in [6, 6.07) is -0.0342. The number of carbonyl (C=O) groups is 1. The van der Waals surface area contributed by atoms with Crippen LogP contribution >= 0.6 is 0 Å². The molecule has 2 aromatic rings. The van der Waals surface area contributed by atoms with E-state index in [0.29, 0.717) is 12.2 Å². The van der Waals surface area contributed by atoms with Crippen molar-refractivity contribution < 1.29 is 4.79 Å². The molecule has 2 aromatic heterocycles. The van der Waals surface area contributed by atoms with Gasteiger partial charge in [-0.2, -0.15) is 5.10 Å². The summed E-state index contributed by atoms with van der Waals surface area (Å²) in [4.78, 5) is 15.9. The molecule has 0 aliphatic heterocycles. The minimum atomic E-state index is -0.263. The van der Waals surface area contributed by atoms with E-state index in [1.807, 2.05) is 17.7 Å². The monoisotopic (exact) mass is 248 g/mol. The summed E-state index contributed by atoms with van der Waals surface area (Å²) < 4.78 is 3.41. The van der Waals surface area contributed by atoms with Gasteiger partial charge in [-0.1, -0.05) is 0 Å². The third-order valence-corrected chi connectivity index (χ3v) is 2.49. The topological polar surface area (TPSA) is 90.8 Å². The molecule has 0 aliphatic rings. The Kier molecular flexibility index (Phi) is 3.31. The van der Waals surface area contributed by atoms with Crippen molar-refractivity contribution in [2.45, 2.75) is 19.5 Å². The molecule has 0 radical (unpaired) electrons. The third-order valence-electron chi connectivity index (χ3n) is 2.49. The number of anilines is 1. The van der Waals surface area contributed by atoms with E-state index in [1.54, 1.807) is 25.8 Å². The van der Waals surface area contributed by atoms with Crippen molar-refractivity contribution in [2.24, 2.45) is 7.05 Å². The second-order valence-electron chi connectivity index (χ2n) is 4.24. The molecule has 18 heavy (non-hydrogen) atoms. The maximum absolute atomic E-state index is 11.9. The zero-order chi connectivity index (χ0) is 13.1. The van der Waals surface area contributed by atoms with E-state index in [-0.39, 0.29) is 17.6 Å². The van der Waals surface area contributed by atoms with Gasteiger partial charge in [0.05, 0.1) is 12.0 Å². The van der Waals surface area contributed by atoms with Crippen LogP contribution in [0.25, 0.3) is 0 Å². The predicted molar refractivity (Wildman–Crippen MR) is 66.8 cm³/mol. The lowest BCUT2D eigenvalue weighted by Crippen LogP contribution is -2.36. The van der Waals surface area contributed by atoms with Crippen LogP contribution < -0.4 is 11.1 Å². The van der Waals surface area contributed by atoms with E-state index < -0.39 is 0 Å². The fourth-order valence-corrected chi connectivity index (χ4v) is 1.73. The lowest BCUT2D eigenvalue weighted by molar-refractivity contribution is 0.0932. The Balaban J connectivity index is 1.97.